The van der Waals surface area contributed by atoms with Gasteiger partial charge in [-0.25, -0.2) is 15.8 Å². The third kappa shape index (κ3) is 3.20. The van der Waals surface area contributed by atoms with E-state index in [4.69, 9.17) is 5.84 Å². The average molecular weight is 257 g/mol. The van der Waals surface area contributed by atoms with Gasteiger partial charge in [-0.2, -0.15) is 0 Å². The lowest BCUT2D eigenvalue weighted by Crippen LogP contribution is -2.10. The first-order valence-electron chi connectivity index (χ1n) is 6.31. The van der Waals surface area contributed by atoms with Crippen LogP contribution in [0.2, 0.25) is 0 Å². The summed E-state index contributed by atoms with van der Waals surface area (Å²) >= 11 is 0. The number of nitrogens with zero attached hydrogens (tertiary/aromatic N) is 2. The highest BCUT2D eigenvalue weighted by Crippen LogP contribution is 2.20. The van der Waals surface area contributed by atoms with E-state index in [2.05, 4.69) is 52.8 Å². The lowest BCUT2D eigenvalue weighted by molar-refractivity contribution is 1.05. The number of nitrogens with one attached hydrogen (secondary N) is 2. The van der Waals surface area contributed by atoms with Crippen LogP contribution in [0.4, 0.5) is 17.3 Å². The standard InChI is InChI=1S/C14H19N5/c1-4-11-5-6-12(7-9(11)2)18-13-8-14(19-15)17-10(3)16-13/h5-8H,4,15H2,1-3H3,(H2,16,17,18,19). The molecule has 5 nitrogen and oxygen atoms in total. The molecule has 0 saturated carbocycles. The molecule has 19 heavy (non-hydrogen) atoms. The summed E-state index contributed by atoms with van der Waals surface area (Å²) in [5, 5.41) is 3.26. The first-order chi connectivity index (χ1) is 9.12. The second-order valence-electron chi connectivity index (χ2n) is 4.45. The van der Waals surface area contributed by atoms with Crippen LogP contribution >= 0.6 is 0 Å². The zero-order valence-corrected chi connectivity index (χ0v) is 11.5. The van der Waals surface area contributed by atoms with Crippen molar-refractivity contribution in [3.05, 3.63) is 41.2 Å². The van der Waals surface area contributed by atoms with E-state index < -0.39 is 0 Å². The predicted molar refractivity (Wildman–Crippen MR) is 78.4 cm³/mol. The topological polar surface area (TPSA) is 75.9 Å². The van der Waals surface area contributed by atoms with Crippen LogP contribution in [0.15, 0.2) is 24.3 Å². The molecule has 0 aliphatic rings. The van der Waals surface area contributed by atoms with Crippen molar-refractivity contribution in [3.63, 3.8) is 0 Å². The fraction of sp³-hybridized carbons (Fsp3) is 0.286. The molecule has 1 aromatic heterocycles. The number of rotatable bonds is 4. The molecule has 0 fully saturated rings. The number of aromatic nitrogens is 2. The van der Waals surface area contributed by atoms with Gasteiger partial charge in [-0.1, -0.05) is 13.0 Å². The summed E-state index contributed by atoms with van der Waals surface area (Å²) in [5.74, 6) is 7.36. The molecule has 0 aliphatic heterocycles. The molecule has 0 radical (unpaired) electrons. The van der Waals surface area contributed by atoms with E-state index in [1.165, 1.54) is 11.1 Å². The molecule has 100 valence electrons. The smallest absolute Gasteiger partial charge is 0.145 e. The quantitative estimate of drug-likeness (QED) is 0.580. The molecule has 0 bridgehead atoms. The summed E-state index contributed by atoms with van der Waals surface area (Å²) in [6.07, 6.45) is 1.04. The monoisotopic (exact) mass is 257 g/mol. The van der Waals surface area contributed by atoms with Crippen LogP contribution in [-0.2, 0) is 6.42 Å². The van der Waals surface area contributed by atoms with Crippen molar-refractivity contribution in [3.8, 4) is 0 Å². The Hall–Kier alpha value is -2.14. The molecule has 1 heterocycles. The SMILES string of the molecule is CCc1ccc(Nc2cc(NN)nc(C)n2)cc1C. The van der Waals surface area contributed by atoms with Gasteiger partial charge in [0.1, 0.15) is 17.5 Å². The minimum absolute atomic E-state index is 0.594. The molecule has 4 N–H and O–H groups in total. The molecule has 2 rings (SSSR count). The molecule has 5 heteroatoms. The van der Waals surface area contributed by atoms with Gasteiger partial charge in [-0.15, -0.1) is 0 Å². The Labute approximate surface area is 113 Å². The van der Waals surface area contributed by atoms with Crippen molar-refractivity contribution in [2.75, 3.05) is 10.7 Å². The van der Waals surface area contributed by atoms with E-state index in [1.807, 2.05) is 6.92 Å². The summed E-state index contributed by atoms with van der Waals surface area (Å²) in [6.45, 7) is 6.10. The second-order valence-corrected chi connectivity index (χ2v) is 4.45. The Morgan fingerprint density at radius 2 is 1.84 bits per heavy atom. The molecule has 0 saturated heterocycles. The van der Waals surface area contributed by atoms with Gasteiger partial charge in [0, 0.05) is 11.8 Å². The highest BCUT2D eigenvalue weighted by molar-refractivity contribution is 5.60. The molecular formula is C14H19N5. The summed E-state index contributed by atoms with van der Waals surface area (Å²) in [5.41, 5.74) is 6.17. The first kappa shape index (κ1) is 13.3. The molecule has 2 aromatic rings. The lowest BCUT2D eigenvalue weighted by Gasteiger charge is -2.10. The summed E-state index contributed by atoms with van der Waals surface area (Å²) in [7, 11) is 0. The van der Waals surface area contributed by atoms with Crippen molar-refractivity contribution >= 4 is 17.3 Å². The van der Waals surface area contributed by atoms with E-state index in [1.54, 1.807) is 6.07 Å². The highest BCUT2D eigenvalue weighted by Gasteiger charge is 2.03. The van der Waals surface area contributed by atoms with Crippen molar-refractivity contribution in [2.45, 2.75) is 27.2 Å². The van der Waals surface area contributed by atoms with Crippen molar-refractivity contribution in [1.82, 2.24) is 9.97 Å². The van der Waals surface area contributed by atoms with Crippen LogP contribution < -0.4 is 16.6 Å². The Balaban J connectivity index is 2.25. The number of nitrogens with two attached hydrogens (primary N) is 1. The van der Waals surface area contributed by atoms with Gasteiger partial charge in [-0.05, 0) is 43.5 Å². The third-order valence-corrected chi connectivity index (χ3v) is 2.98. The van der Waals surface area contributed by atoms with Gasteiger partial charge in [0.25, 0.3) is 0 Å². The van der Waals surface area contributed by atoms with Gasteiger partial charge in [0.05, 0.1) is 0 Å². The maximum absolute atomic E-state index is 5.37. The Morgan fingerprint density at radius 3 is 2.47 bits per heavy atom. The van der Waals surface area contributed by atoms with Crippen LogP contribution in [0.3, 0.4) is 0 Å². The third-order valence-electron chi connectivity index (χ3n) is 2.98. The van der Waals surface area contributed by atoms with E-state index in [-0.39, 0.29) is 0 Å². The summed E-state index contributed by atoms with van der Waals surface area (Å²) in [6, 6.07) is 8.08. The number of nitrogen functional groups attached to an aromatic ring is 1. The largest absolute Gasteiger partial charge is 0.340 e. The minimum atomic E-state index is 0.594. The fourth-order valence-electron chi connectivity index (χ4n) is 2.02. The molecule has 1 aromatic carbocycles. The van der Waals surface area contributed by atoms with E-state index in [9.17, 15) is 0 Å². The Morgan fingerprint density at radius 1 is 1.11 bits per heavy atom. The maximum Gasteiger partial charge on any atom is 0.145 e. The number of benzene rings is 1. The maximum atomic E-state index is 5.37. The van der Waals surface area contributed by atoms with Gasteiger partial charge in [0.2, 0.25) is 0 Å². The number of aryl methyl sites for hydroxylation is 3. The van der Waals surface area contributed by atoms with E-state index >= 15 is 0 Å². The molecule has 0 unspecified atom stereocenters. The van der Waals surface area contributed by atoms with Crippen LogP contribution in [0.5, 0.6) is 0 Å². The van der Waals surface area contributed by atoms with Crippen LogP contribution in [0, 0.1) is 13.8 Å². The predicted octanol–water partition coefficient (Wildman–Crippen LogP) is 2.69. The highest BCUT2D eigenvalue weighted by atomic mass is 15.3. The first-order valence-corrected chi connectivity index (χ1v) is 6.31. The van der Waals surface area contributed by atoms with Crippen LogP contribution in [0.25, 0.3) is 0 Å². The Kier molecular flexibility index (Phi) is 3.97. The number of hydrazine groups is 1. The van der Waals surface area contributed by atoms with Crippen LogP contribution in [-0.4, -0.2) is 9.97 Å². The number of hydrogen-bond donors (Lipinski definition) is 3. The summed E-state index contributed by atoms with van der Waals surface area (Å²) in [4.78, 5) is 8.48. The van der Waals surface area contributed by atoms with Gasteiger partial charge < -0.3 is 10.7 Å². The average Bonchev–Trinajstić information content (AvgIpc) is 2.38. The van der Waals surface area contributed by atoms with Gasteiger partial charge in [-0.3, -0.25) is 0 Å². The summed E-state index contributed by atoms with van der Waals surface area (Å²) < 4.78 is 0. The van der Waals surface area contributed by atoms with Gasteiger partial charge in [0.15, 0.2) is 0 Å². The molecule has 0 spiro atoms. The number of anilines is 3. The normalized spacial score (nSPS) is 10.3. The second kappa shape index (κ2) is 5.67. The van der Waals surface area contributed by atoms with Gasteiger partial charge >= 0.3 is 0 Å². The zero-order chi connectivity index (χ0) is 13.8. The zero-order valence-electron chi connectivity index (χ0n) is 11.5. The Bertz CT molecular complexity index is 580. The van der Waals surface area contributed by atoms with E-state index in [0.717, 1.165) is 17.9 Å². The van der Waals surface area contributed by atoms with E-state index in [0.29, 0.717) is 11.6 Å². The molecule has 0 aliphatic carbocycles. The fourth-order valence-corrected chi connectivity index (χ4v) is 2.02. The molecular weight excluding hydrogens is 238 g/mol. The lowest BCUT2D eigenvalue weighted by atomic mass is 10.1. The number of hydrogen-bond acceptors (Lipinski definition) is 5. The van der Waals surface area contributed by atoms with Crippen molar-refractivity contribution in [1.29, 1.82) is 0 Å². The molecule has 0 amide bonds. The molecule has 0 atom stereocenters. The van der Waals surface area contributed by atoms with Crippen molar-refractivity contribution < 1.29 is 0 Å². The van der Waals surface area contributed by atoms with Crippen molar-refractivity contribution in [2.24, 2.45) is 5.84 Å². The van der Waals surface area contributed by atoms with Crippen LogP contribution in [0.1, 0.15) is 23.9 Å². The minimum Gasteiger partial charge on any atom is -0.340 e.